The molecule has 1 aromatic rings. The zero-order valence-electron chi connectivity index (χ0n) is 15.3. The van der Waals surface area contributed by atoms with Gasteiger partial charge in [0.1, 0.15) is 12.6 Å². The van der Waals surface area contributed by atoms with Crippen molar-refractivity contribution >= 4 is 23.5 Å². The van der Waals surface area contributed by atoms with E-state index in [2.05, 4.69) is 5.32 Å². The van der Waals surface area contributed by atoms with Gasteiger partial charge < -0.3 is 31.1 Å². The molecule has 0 bridgehead atoms. The summed E-state index contributed by atoms with van der Waals surface area (Å²) in [5, 5.41) is 30.9. The van der Waals surface area contributed by atoms with E-state index in [0.717, 1.165) is 0 Å². The minimum atomic E-state index is -1.95. The number of aliphatic hydroxyl groups excluding tert-OH is 1. The van der Waals surface area contributed by atoms with Gasteiger partial charge in [-0.05, 0) is 37.5 Å². The van der Waals surface area contributed by atoms with Crippen LogP contribution in [0.3, 0.4) is 0 Å². The van der Waals surface area contributed by atoms with Crippen molar-refractivity contribution in [1.29, 1.82) is 0 Å². The molecule has 9 heteroatoms. The minimum Gasteiger partial charge on any atom is -0.480 e. The Labute approximate surface area is 157 Å². The number of aliphatic carboxylic acids is 1. The molecule has 3 atom stereocenters. The van der Waals surface area contributed by atoms with Crippen molar-refractivity contribution in [2.24, 2.45) is 5.73 Å². The third kappa shape index (κ3) is 6.63. The van der Waals surface area contributed by atoms with Crippen molar-refractivity contribution in [3.63, 3.8) is 0 Å². The van der Waals surface area contributed by atoms with Crippen LogP contribution >= 0.6 is 0 Å². The Hall–Kier alpha value is -2.49. The SMILES string of the molecule is CC[C@](O)(C(=O)OCc1ccc(NC(=O)CC[C@H](N)C(=O)O)cc1)[C@@H](C)O. The number of anilines is 1. The topological polar surface area (TPSA) is 159 Å². The number of hydrogen-bond donors (Lipinski definition) is 5. The first-order chi connectivity index (χ1) is 12.6. The second-order valence-electron chi connectivity index (χ2n) is 6.26. The van der Waals surface area contributed by atoms with E-state index in [1.54, 1.807) is 31.2 Å². The molecule has 9 nitrogen and oxygen atoms in total. The number of hydrogen-bond acceptors (Lipinski definition) is 7. The van der Waals surface area contributed by atoms with Crippen LogP contribution in [0.2, 0.25) is 0 Å². The fraction of sp³-hybridized carbons (Fsp3) is 0.500. The van der Waals surface area contributed by atoms with Gasteiger partial charge in [0.15, 0.2) is 5.60 Å². The van der Waals surface area contributed by atoms with E-state index in [1.807, 2.05) is 0 Å². The quantitative estimate of drug-likeness (QED) is 0.363. The van der Waals surface area contributed by atoms with E-state index >= 15 is 0 Å². The van der Waals surface area contributed by atoms with Crippen LogP contribution in [0.25, 0.3) is 0 Å². The van der Waals surface area contributed by atoms with Gasteiger partial charge in [-0.2, -0.15) is 0 Å². The van der Waals surface area contributed by atoms with Crippen LogP contribution in [-0.2, 0) is 25.7 Å². The van der Waals surface area contributed by atoms with Crippen LogP contribution in [-0.4, -0.2) is 50.9 Å². The van der Waals surface area contributed by atoms with Gasteiger partial charge >= 0.3 is 11.9 Å². The molecule has 0 aliphatic carbocycles. The van der Waals surface area contributed by atoms with Crippen molar-refractivity contribution < 1.29 is 34.4 Å². The van der Waals surface area contributed by atoms with E-state index in [0.29, 0.717) is 11.3 Å². The highest BCUT2D eigenvalue weighted by Gasteiger charge is 2.40. The molecule has 0 fully saturated rings. The molecule has 0 saturated carbocycles. The number of carbonyl (C=O) groups excluding carboxylic acids is 2. The first-order valence-electron chi connectivity index (χ1n) is 8.55. The minimum absolute atomic E-state index is 0.0139. The van der Waals surface area contributed by atoms with Crippen LogP contribution < -0.4 is 11.1 Å². The fourth-order valence-corrected chi connectivity index (χ4v) is 2.20. The van der Waals surface area contributed by atoms with Crippen molar-refractivity contribution in [2.75, 3.05) is 5.32 Å². The van der Waals surface area contributed by atoms with Gasteiger partial charge in [-0.15, -0.1) is 0 Å². The summed E-state index contributed by atoms with van der Waals surface area (Å²) in [6.07, 6.45) is -1.25. The average molecular weight is 382 g/mol. The van der Waals surface area contributed by atoms with E-state index in [1.165, 1.54) is 6.92 Å². The highest BCUT2D eigenvalue weighted by atomic mass is 16.6. The molecule has 150 valence electrons. The summed E-state index contributed by atoms with van der Waals surface area (Å²) in [5.41, 5.74) is 4.50. The van der Waals surface area contributed by atoms with Crippen molar-refractivity contribution in [3.05, 3.63) is 29.8 Å². The summed E-state index contributed by atoms with van der Waals surface area (Å²) >= 11 is 0. The van der Waals surface area contributed by atoms with E-state index < -0.39 is 29.7 Å². The lowest BCUT2D eigenvalue weighted by Crippen LogP contribution is -2.48. The van der Waals surface area contributed by atoms with Gasteiger partial charge in [0.25, 0.3) is 0 Å². The molecule has 0 radical (unpaired) electrons. The number of aliphatic hydroxyl groups is 2. The Bertz CT molecular complexity index is 660. The molecule has 1 rings (SSSR count). The number of esters is 1. The average Bonchev–Trinajstić information content (AvgIpc) is 2.64. The van der Waals surface area contributed by atoms with Crippen LogP contribution in [0.5, 0.6) is 0 Å². The Balaban J connectivity index is 2.53. The molecule has 0 aromatic heterocycles. The summed E-state index contributed by atoms with van der Waals surface area (Å²) < 4.78 is 5.05. The molecule has 0 heterocycles. The van der Waals surface area contributed by atoms with Crippen LogP contribution in [0, 0.1) is 0 Å². The monoisotopic (exact) mass is 382 g/mol. The summed E-state index contributed by atoms with van der Waals surface area (Å²) in [7, 11) is 0. The zero-order chi connectivity index (χ0) is 20.6. The number of nitrogens with one attached hydrogen (secondary N) is 1. The summed E-state index contributed by atoms with van der Waals surface area (Å²) in [6.45, 7) is 2.77. The molecule has 0 aliphatic heterocycles. The first kappa shape index (κ1) is 22.6. The largest absolute Gasteiger partial charge is 0.480 e. The normalized spacial score (nSPS) is 15.3. The van der Waals surface area contributed by atoms with Crippen molar-refractivity contribution in [1.82, 2.24) is 0 Å². The molecule has 0 saturated heterocycles. The number of nitrogens with two attached hydrogens (primary N) is 1. The maximum atomic E-state index is 12.0. The van der Waals surface area contributed by atoms with Crippen LogP contribution in [0.1, 0.15) is 38.7 Å². The third-order valence-electron chi connectivity index (χ3n) is 4.19. The number of rotatable bonds is 10. The van der Waals surface area contributed by atoms with Crippen LogP contribution in [0.4, 0.5) is 5.69 Å². The molecular formula is C18H26N2O7. The standard InChI is InChI=1S/C18H26N2O7/c1-3-18(26,11(2)21)17(25)27-10-12-4-6-13(7-5-12)20-15(22)9-8-14(19)16(23)24/h4-7,11,14,21,26H,3,8-10,19H2,1-2H3,(H,20,22)(H,23,24)/t11-,14+,18-/m1/s1. The molecule has 1 aromatic carbocycles. The number of benzene rings is 1. The van der Waals surface area contributed by atoms with E-state index in [9.17, 15) is 24.6 Å². The second-order valence-corrected chi connectivity index (χ2v) is 6.26. The number of ether oxygens (including phenoxy) is 1. The van der Waals surface area contributed by atoms with Gasteiger partial charge in [-0.3, -0.25) is 9.59 Å². The summed E-state index contributed by atoms with van der Waals surface area (Å²) in [4.78, 5) is 34.3. The Morgan fingerprint density at radius 3 is 2.33 bits per heavy atom. The van der Waals surface area contributed by atoms with E-state index in [-0.39, 0.29) is 31.8 Å². The Morgan fingerprint density at radius 1 is 1.26 bits per heavy atom. The molecule has 6 N–H and O–H groups in total. The van der Waals surface area contributed by atoms with Crippen molar-refractivity contribution in [3.8, 4) is 0 Å². The number of carbonyl (C=O) groups is 3. The van der Waals surface area contributed by atoms with Gasteiger partial charge in [-0.25, -0.2) is 4.79 Å². The van der Waals surface area contributed by atoms with Gasteiger partial charge in [0.05, 0.1) is 6.10 Å². The molecule has 0 aliphatic rings. The zero-order valence-corrected chi connectivity index (χ0v) is 15.3. The molecular weight excluding hydrogens is 356 g/mol. The highest BCUT2D eigenvalue weighted by Crippen LogP contribution is 2.19. The maximum Gasteiger partial charge on any atom is 0.341 e. The number of amides is 1. The Morgan fingerprint density at radius 2 is 1.85 bits per heavy atom. The van der Waals surface area contributed by atoms with Crippen molar-refractivity contribution in [2.45, 2.75) is 57.5 Å². The molecule has 0 spiro atoms. The second kappa shape index (κ2) is 10.0. The van der Waals surface area contributed by atoms with Gasteiger partial charge in [0.2, 0.25) is 5.91 Å². The summed E-state index contributed by atoms with van der Waals surface area (Å²) in [6, 6.07) is 5.35. The van der Waals surface area contributed by atoms with Crippen LogP contribution in [0.15, 0.2) is 24.3 Å². The number of carboxylic acid groups (broad SMARTS) is 1. The lowest BCUT2D eigenvalue weighted by Gasteiger charge is -2.27. The third-order valence-corrected chi connectivity index (χ3v) is 4.19. The van der Waals surface area contributed by atoms with Gasteiger partial charge in [0, 0.05) is 12.1 Å². The first-order valence-corrected chi connectivity index (χ1v) is 8.55. The smallest absolute Gasteiger partial charge is 0.341 e. The number of carboxylic acids is 1. The predicted molar refractivity (Wildman–Crippen MR) is 96.6 cm³/mol. The molecule has 0 unspecified atom stereocenters. The predicted octanol–water partition coefficient (Wildman–Crippen LogP) is 0.382. The molecule has 1 amide bonds. The summed E-state index contributed by atoms with van der Waals surface area (Å²) in [5.74, 6) is -2.43. The van der Waals surface area contributed by atoms with Gasteiger partial charge in [-0.1, -0.05) is 19.1 Å². The molecule has 27 heavy (non-hydrogen) atoms. The lowest BCUT2D eigenvalue weighted by molar-refractivity contribution is -0.179. The van der Waals surface area contributed by atoms with E-state index in [4.69, 9.17) is 15.6 Å². The maximum absolute atomic E-state index is 12.0. The highest BCUT2D eigenvalue weighted by molar-refractivity contribution is 5.91. The Kier molecular flexibility index (Phi) is 8.35. The fourth-order valence-electron chi connectivity index (χ4n) is 2.20. The lowest BCUT2D eigenvalue weighted by atomic mass is 9.95.